The molecule has 32 heavy (non-hydrogen) atoms. The second kappa shape index (κ2) is 9.15. The number of halogens is 1. The maximum absolute atomic E-state index is 13.1. The normalized spacial score (nSPS) is 32.7. The van der Waals surface area contributed by atoms with Crippen LogP contribution in [-0.4, -0.2) is 77.1 Å². The minimum Gasteiger partial charge on any atom is -0.444 e. The number of aromatic nitrogens is 1. The van der Waals surface area contributed by atoms with Gasteiger partial charge < -0.3 is 24.0 Å². The summed E-state index contributed by atoms with van der Waals surface area (Å²) >= 11 is 0. The first-order valence-electron chi connectivity index (χ1n) is 11.4. The first-order valence-corrected chi connectivity index (χ1v) is 11.4. The molecule has 3 fully saturated rings. The molecular formula is C23H28FN3O5. The van der Waals surface area contributed by atoms with Gasteiger partial charge in [-0.1, -0.05) is 12.2 Å². The Kier molecular flexibility index (Phi) is 6.10. The SMILES string of the molecule is O=C(OCC1OC2CC/C=C\CCC2O1)N1CC2CCC(C1)N2C(=O)c1ccc(F)nc1. The molecule has 1 aromatic rings. The smallest absolute Gasteiger partial charge is 0.410 e. The number of piperazine rings is 1. The Bertz CT molecular complexity index is 847. The fraction of sp³-hybridized carbons (Fsp3) is 0.609. The molecule has 4 aliphatic rings. The molecule has 0 N–H and O–H groups in total. The zero-order valence-electron chi connectivity index (χ0n) is 17.9. The zero-order valence-corrected chi connectivity index (χ0v) is 17.9. The number of hydrogen-bond acceptors (Lipinski definition) is 6. The molecule has 0 spiro atoms. The number of hydrogen-bond donors (Lipinski definition) is 0. The number of fused-ring (bicyclic) bond motifs is 3. The summed E-state index contributed by atoms with van der Waals surface area (Å²) in [7, 11) is 0. The summed E-state index contributed by atoms with van der Waals surface area (Å²) in [4.78, 5) is 32.7. The highest BCUT2D eigenvalue weighted by Gasteiger charge is 2.45. The van der Waals surface area contributed by atoms with Crippen LogP contribution in [-0.2, 0) is 14.2 Å². The van der Waals surface area contributed by atoms with Crippen LogP contribution >= 0.6 is 0 Å². The van der Waals surface area contributed by atoms with Crippen molar-refractivity contribution in [2.24, 2.45) is 0 Å². The second-order valence-electron chi connectivity index (χ2n) is 8.85. The second-order valence-corrected chi connectivity index (χ2v) is 8.85. The zero-order chi connectivity index (χ0) is 22.1. The predicted molar refractivity (Wildman–Crippen MR) is 111 cm³/mol. The lowest BCUT2D eigenvalue weighted by molar-refractivity contribution is -0.102. The Morgan fingerprint density at radius 2 is 1.69 bits per heavy atom. The molecule has 0 aromatic carbocycles. The highest BCUT2D eigenvalue weighted by Crippen LogP contribution is 2.32. The number of rotatable bonds is 3. The standard InChI is InChI=1S/C23H28FN3O5/c24-20-10-7-15(11-25-20)22(28)27-16-8-9-17(27)13-26(12-16)23(29)30-14-21-31-18-5-3-1-2-4-6-19(18)32-21/h1-2,7,10-11,16-19,21H,3-6,8-9,12-14H2/b2-1-. The van der Waals surface area contributed by atoms with Gasteiger partial charge in [0.1, 0.15) is 6.61 Å². The lowest BCUT2D eigenvalue weighted by Gasteiger charge is -2.40. The molecule has 2 bridgehead atoms. The van der Waals surface area contributed by atoms with Crippen molar-refractivity contribution in [3.05, 3.63) is 42.0 Å². The average molecular weight is 445 g/mol. The Balaban J connectivity index is 1.13. The Hall–Kier alpha value is -2.52. The molecule has 2 amide bonds. The van der Waals surface area contributed by atoms with Crippen molar-refractivity contribution in [2.45, 2.75) is 69.1 Å². The van der Waals surface area contributed by atoms with Crippen LogP contribution in [0.25, 0.3) is 0 Å². The first kappa shape index (κ1) is 21.3. The van der Waals surface area contributed by atoms with Gasteiger partial charge in [-0.2, -0.15) is 4.39 Å². The summed E-state index contributed by atoms with van der Waals surface area (Å²) in [6.07, 6.45) is 10.2. The highest BCUT2D eigenvalue weighted by molar-refractivity contribution is 5.94. The van der Waals surface area contributed by atoms with E-state index < -0.39 is 18.3 Å². The Morgan fingerprint density at radius 1 is 1.03 bits per heavy atom. The number of amides is 2. The van der Waals surface area contributed by atoms with E-state index in [0.717, 1.165) is 38.5 Å². The van der Waals surface area contributed by atoms with Crippen LogP contribution in [0.4, 0.5) is 9.18 Å². The van der Waals surface area contributed by atoms with Crippen LogP contribution in [0.15, 0.2) is 30.5 Å². The van der Waals surface area contributed by atoms with Crippen LogP contribution in [0.5, 0.6) is 0 Å². The van der Waals surface area contributed by atoms with E-state index in [1.54, 1.807) is 4.90 Å². The van der Waals surface area contributed by atoms with E-state index >= 15 is 0 Å². The quantitative estimate of drug-likeness (QED) is 0.526. The van der Waals surface area contributed by atoms with Gasteiger partial charge in [0.05, 0.1) is 29.9 Å². The maximum atomic E-state index is 13.1. The van der Waals surface area contributed by atoms with Gasteiger partial charge in [-0.3, -0.25) is 4.79 Å². The fourth-order valence-electron chi connectivity index (χ4n) is 5.21. The summed E-state index contributed by atoms with van der Waals surface area (Å²) in [5.74, 6) is -0.788. The van der Waals surface area contributed by atoms with Crippen LogP contribution in [0.1, 0.15) is 48.9 Å². The van der Waals surface area contributed by atoms with E-state index in [1.807, 2.05) is 4.90 Å². The third-order valence-corrected chi connectivity index (χ3v) is 6.76. The van der Waals surface area contributed by atoms with Gasteiger partial charge >= 0.3 is 6.09 Å². The third-order valence-electron chi connectivity index (χ3n) is 6.76. The van der Waals surface area contributed by atoms with E-state index in [9.17, 15) is 14.0 Å². The number of nitrogens with zero attached hydrogens (tertiary/aromatic N) is 3. The third kappa shape index (κ3) is 4.36. The van der Waals surface area contributed by atoms with Crippen molar-refractivity contribution in [2.75, 3.05) is 19.7 Å². The largest absolute Gasteiger partial charge is 0.444 e. The Labute approximate surface area is 186 Å². The summed E-state index contributed by atoms with van der Waals surface area (Å²) in [6.45, 7) is 0.896. The van der Waals surface area contributed by atoms with Crippen molar-refractivity contribution in [3.63, 3.8) is 0 Å². The monoisotopic (exact) mass is 445 g/mol. The molecule has 0 saturated carbocycles. The van der Waals surface area contributed by atoms with Crippen molar-refractivity contribution < 1.29 is 28.2 Å². The molecular weight excluding hydrogens is 417 g/mol. The minimum atomic E-state index is -0.616. The summed E-state index contributed by atoms with van der Waals surface area (Å²) in [5, 5.41) is 0. The van der Waals surface area contributed by atoms with Gasteiger partial charge in [0.25, 0.3) is 5.91 Å². The van der Waals surface area contributed by atoms with Gasteiger partial charge in [0.2, 0.25) is 5.95 Å². The molecule has 0 radical (unpaired) electrons. The summed E-state index contributed by atoms with van der Waals surface area (Å²) in [5.41, 5.74) is 0.359. The van der Waals surface area contributed by atoms with Crippen LogP contribution in [0.3, 0.4) is 0 Å². The summed E-state index contributed by atoms with van der Waals surface area (Å²) < 4.78 is 30.5. The van der Waals surface area contributed by atoms with E-state index in [1.165, 1.54) is 18.3 Å². The van der Waals surface area contributed by atoms with Gasteiger partial charge in [-0.15, -0.1) is 0 Å². The molecule has 4 heterocycles. The topological polar surface area (TPSA) is 81.2 Å². The number of carbonyl (C=O) groups is 2. The van der Waals surface area contributed by atoms with Crippen molar-refractivity contribution in [3.8, 4) is 0 Å². The number of carbonyl (C=O) groups excluding carboxylic acids is 2. The molecule has 5 rings (SSSR count). The first-order chi connectivity index (χ1) is 15.6. The van der Waals surface area contributed by atoms with Crippen LogP contribution < -0.4 is 0 Å². The molecule has 3 aliphatic heterocycles. The molecule has 4 atom stereocenters. The van der Waals surface area contributed by atoms with Crippen LogP contribution in [0.2, 0.25) is 0 Å². The number of ether oxygens (including phenoxy) is 3. The maximum Gasteiger partial charge on any atom is 0.410 e. The van der Waals surface area contributed by atoms with Gasteiger partial charge in [0.15, 0.2) is 6.29 Å². The van der Waals surface area contributed by atoms with Crippen molar-refractivity contribution in [1.82, 2.24) is 14.8 Å². The number of likely N-dealkylation sites (tertiary alicyclic amines) is 1. The van der Waals surface area contributed by atoms with Gasteiger partial charge in [0, 0.05) is 19.3 Å². The lowest BCUT2D eigenvalue weighted by atomic mass is 10.0. The van der Waals surface area contributed by atoms with E-state index in [4.69, 9.17) is 14.2 Å². The van der Waals surface area contributed by atoms with Crippen molar-refractivity contribution in [1.29, 1.82) is 0 Å². The molecule has 1 aliphatic carbocycles. The van der Waals surface area contributed by atoms with E-state index in [-0.39, 0.29) is 36.8 Å². The van der Waals surface area contributed by atoms with E-state index in [0.29, 0.717) is 18.7 Å². The molecule has 9 heteroatoms. The summed E-state index contributed by atoms with van der Waals surface area (Å²) in [6, 6.07) is 2.47. The number of pyridine rings is 1. The van der Waals surface area contributed by atoms with Gasteiger partial charge in [-0.25, -0.2) is 9.78 Å². The lowest BCUT2D eigenvalue weighted by Crippen LogP contribution is -2.57. The minimum absolute atomic E-state index is 0.0509. The van der Waals surface area contributed by atoms with Gasteiger partial charge in [-0.05, 0) is 50.7 Å². The fourth-order valence-corrected chi connectivity index (χ4v) is 5.21. The average Bonchev–Trinajstić information content (AvgIpc) is 3.28. The molecule has 8 nitrogen and oxygen atoms in total. The Morgan fingerprint density at radius 3 is 2.28 bits per heavy atom. The number of allylic oxidation sites excluding steroid dienone is 2. The molecule has 4 unspecified atom stereocenters. The molecule has 172 valence electrons. The molecule has 1 aromatic heterocycles. The highest BCUT2D eigenvalue weighted by atomic mass is 19.1. The van der Waals surface area contributed by atoms with Crippen LogP contribution in [0, 0.1) is 5.95 Å². The molecule has 3 saturated heterocycles. The van der Waals surface area contributed by atoms with Crippen molar-refractivity contribution >= 4 is 12.0 Å². The predicted octanol–water partition coefficient (Wildman–Crippen LogP) is 2.89. The van der Waals surface area contributed by atoms with E-state index in [2.05, 4.69) is 17.1 Å².